The quantitative estimate of drug-likeness (QED) is 0.350. The highest BCUT2D eigenvalue weighted by molar-refractivity contribution is 5.95. The molecule has 5 heterocycles. The van der Waals surface area contributed by atoms with E-state index in [1.807, 2.05) is 41.9 Å². The van der Waals surface area contributed by atoms with E-state index < -0.39 is 0 Å². The molecule has 2 N–H and O–H groups in total. The fourth-order valence-corrected chi connectivity index (χ4v) is 5.27. The fourth-order valence-electron chi connectivity index (χ4n) is 5.27. The number of aromatic nitrogens is 5. The Kier molecular flexibility index (Phi) is 7.97. The van der Waals surface area contributed by atoms with E-state index in [0.29, 0.717) is 17.2 Å². The number of fused-ring (bicyclic) bond motifs is 1. The van der Waals surface area contributed by atoms with Gasteiger partial charge in [0.2, 0.25) is 5.95 Å². The van der Waals surface area contributed by atoms with Gasteiger partial charge >= 0.3 is 0 Å². The van der Waals surface area contributed by atoms with Crippen molar-refractivity contribution >= 4 is 17.4 Å². The van der Waals surface area contributed by atoms with Crippen molar-refractivity contribution in [3.8, 4) is 11.1 Å². The van der Waals surface area contributed by atoms with Crippen LogP contribution in [0.1, 0.15) is 66.1 Å². The zero-order chi connectivity index (χ0) is 28.4. The summed E-state index contributed by atoms with van der Waals surface area (Å²) in [6.45, 7) is 12.0. The molecule has 0 aliphatic carbocycles. The van der Waals surface area contributed by atoms with Crippen molar-refractivity contribution in [3.05, 3.63) is 75.5 Å². The normalized spacial score (nSPS) is 14.3. The molecule has 1 aliphatic rings. The van der Waals surface area contributed by atoms with Crippen LogP contribution >= 0.6 is 0 Å². The predicted molar refractivity (Wildman–Crippen MR) is 157 cm³/mol. The minimum absolute atomic E-state index is 0.143. The van der Waals surface area contributed by atoms with Gasteiger partial charge in [-0.25, -0.2) is 15.0 Å². The number of rotatable bonds is 8. The molecule has 4 aromatic heterocycles. The Morgan fingerprint density at radius 1 is 1.05 bits per heavy atom. The number of nitrogens with zero attached hydrogens (tertiary/aromatic N) is 6. The number of carbonyl (C=O) groups is 1. The lowest BCUT2D eigenvalue weighted by atomic mass is 10.0. The van der Waals surface area contributed by atoms with Gasteiger partial charge in [-0.05, 0) is 55.6 Å². The lowest BCUT2D eigenvalue weighted by molar-refractivity contribution is 0.0944. The molecule has 4 aromatic rings. The SMILES string of the molecule is CCCc1cc(C)[nH]c(=O)c1CNC(=O)c1cc(-c2cnc(N3CCN(C)CC3)nc2)cc2c(C(C)C)ncn12. The first-order valence-corrected chi connectivity index (χ1v) is 14.0. The lowest BCUT2D eigenvalue weighted by Crippen LogP contribution is -2.45. The van der Waals surface area contributed by atoms with Gasteiger partial charge in [0.15, 0.2) is 0 Å². The third-order valence-corrected chi connectivity index (χ3v) is 7.52. The third kappa shape index (κ3) is 5.62. The molecule has 0 spiro atoms. The lowest BCUT2D eigenvalue weighted by Gasteiger charge is -2.32. The summed E-state index contributed by atoms with van der Waals surface area (Å²) in [5, 5.41) is 2.99. The van der Waals surface area contributed by atoms with Crippen molar-refractivity contribution in [2.45, 2.75) is 53.0 Å². The number of amides is 1. The smallest absolute Gasteiger partial charge is 0.268 e. The van der Waals surface area contributed by atoms with E-state index in [1.165, 1.54) is 0 Å². The Morgan fingerprint density at radius 3 is 2.45 bits per heavy atom. The molecule has 1 fully saturated rings. The van der Waals surface area contributed by atoms with Crippen molar-refractivity contribution in [2.75, 3.05) is 38.1 Å². The van der Waals surface area contributed by atoms with E-state index in [2.05, 4.69) is 62.9 Å². The maximum Gasteiger partial charge on any atom is 0.268 e. The van der Waals surface area contributed by atoms with E-state index in [4.69, 9.17) is 0 Å². The van der Waals surface area contributed by atoms with E-state index in [1.54, 1.807) is 6.33 Å². The summed E-state index contributed by atoms with van der Waals surface area (Å²) in [6, 6.07) is 5.87. The van der Waals surface area contributed by atoms with Gasteiger partial charge in [0.25, 0.3) is 11.5 Å². The number of H-pyrrole nitrogens is 1. The number of pyridine rings is 2. The molecule has 1 amide bonds. The number of piperazine rings is 1. The molecule has 40 heavy (non-hydrogen) atoms. The van der Waals surface area contributed by atoms with Crippen molar-refractivity contribution in [2.24, 2.45) is 0 Å². The van der Waals surface area contributed by atoms with Crippen LogP contribution in [0.25, 0.3) is 16.6 Å². The van der Waals surface area contributed by atoms with Crippen LogP contribution in [0.4, 0.5) is 5.95 Å². The number of hydrogen-bond donors (Lipinski definition) is 2. The number of carbonyl (C=O) groups excluding carboxylic acids is 1. The number of aryl methyl sites for hydroxylation is 2. The van der Waals surface area contributed by atoms with Gasteiger partial charge in [-0.1, -0.05) is 27.2 Å². The second kappa shape index (κ2) is 11.6. The summed E-state index contributed by atoms with van der Waals surface area (Å²) < 4.78 is 1.82. The summed E-state index contributed by atoms with van der Waals surface area (Å²) in [7, 11) is 2.12. The van der Waals surface area contributed by atoms with E-state index in [0.717, 1.165) is 72.6 Å². The second-order valence-electron chi connectivity index (χ2n) is 10.9. The van der Waals surface area contributed by atoms with E-state index >= 15 is 0 Å². The van der Waals surface area contributed by atoms with Gasteiger partial charge in [0.05, 0.1) is 11.2 Å². The Labute approximate surface area is 234 Å². The molecule has 0 unspecified atom stereocenters. The maximum absolute atomic E-state index is 13.6. The Balaban J connectivity index is 1.47. The molecule has 10 heteroatoms. The highest BCUT2D eigenvalue weighted by atomic mass is 16.2. The molecule has 210 valence electrons. The molecule has 5 rings (SSSR count). The van der Waals surface area contributed by atoms with Gasteiger partial charge in [0, 0.05) is 61.9 Å². The topological polar surface area (TPSA) is 112 Å². The Hall–Kier alpha value is -4.05. The highest BCUT2D eigenvalue weighted by Gasteiger charge is 2.20. The Bertz CT molecular complexity index is 1560. The second-order valence-corrected chi connectivity index (χ2v) is 10.9. The summed E-state index contributed by atoms with van der Waals surface area (Å²) in [6.07, 6.45) is 7.02. The fraction of sp³-hybridized carbons (Fsp3) is 0.433. The van der Waals surface area contributed by atoms with Crippen molar-refractivity contribution in [1.29, 1.82) is 0 Å². The number of aromatic amines is 1. The summed E-state index contributed by atoms with van der Waals surface area (Å²) >= 11 is 0. The van der Waals surface area contributed by atoms with Crippen LogP contribution < -0.4 is 15.8 Å². The minimum Gasteiger partial charge on any atom is -0.346 e. The molecular weight excluding hydrogens is 504 g/mol. The van der Waals surface area contributed by atoms with Gasteiger partial charge in [-0.3, -0.25) is 14.0 Å². The van der Waals surface area contributed by atoms with Gasteiger partial charge in [0.1, 0.15) is 12.0 Å². The Morgan fingerprint density at radius 2 is 1.77 bits per heavy atom. The number of likely N-dealkylation sites (N-methyl/N-ethyl adjacent to an activating group) is 1. The zero-order valence-electron chi connectivity index (χ0n) is 24.0. The van der Waals surface area contributed by atoms with Crippen LogP contribution in [0.3, 0.4) is 0 Å². The number of hydrogen-bond acceptors (Lipinski definition) is 7. The molecular formula is C30H38N8O2. The van der Waals surface area contributed by atoms with Crippen LogP contribution in [-0.2, 0) is 13.0 Å². The van der Waals surface area contributed by atoms with E-state index in [9.17, 15) is 9.59 Å². The molecule has 1 saturated heterocycles. The van der Waals surface area contributed by atoms with E-state index in [-0.39, 0.29) is 23.9 Å². The number of nitrogens with one attached hydrogen (secondary N) is 2. The van der Waals surface area contributed by atoms with Crippen molar-refractivity contribution in [1.82, 2.24) is 34.6 Å². The average molecular weight is 543 g/mol. The predicted octanol–water partition coefficient (Wildman–Crippen LogP) is 3.55. The average Bonchev–Trinajstić information content (AvgIpc) is 3.37. The first-order chi connectivity index (χ1) is 19.2. The number of anilines is 1. The van der Waals surface area contributed by atoms with Crippen LogP contribution in [-0.4, -0.2) is 68.4 Å². The van der Waals surface area contributed by atoms with Gasteiger partial charge < -0.3 is 20.1 Å². The number of imidazole rings is 1. The minimum atomic E-state index is -0.281. The monoisotopic (exact) mass is 542 g/mol. The largest absolute Gasteiger partial charge is 0.346 e. The molecule has 10 nitrogen and oxygen atoms in total. The van der Waals surface area contributed by atoms with Crippen LogP contribution in [0.2, 0.25) is 0 Å². The van der Waals surface area contributed by atoms with Crippen molar-refractivity contribution < 1.29 is 4.79 Å². The molecule has 0 radical (unpaired) electrons. The van der Waals surface area contributed by atoms with Crippen LogP contribution in [0.15, 0.2) is 41.7 Å². The summed E-state index contributed by atoms with van der Waals surface area (Å²) in [4.78, 5) is 47.6. The van der Waals surface area contributed by atoms with Crippen LogP contribution in [0.5, 0.6) is 0 Å². The molecule has 0 aromatic carbocycles. The molecule has 0 saturated carbocycles. The molecule has 1 aliphatic heterocycles. The first-order valence-electron chi connectivity index (χ1n) is 14.0. The summed E-state index contributed by atoms with van der Waals surface area (Å²) in [5.74, 6) is 0.612. The third-order valence-electron chi connectivity index (χ3n) is 7.52. The molecule has 0 bridgehead atoms. The van der Waals surface area contributed by atoms with Crippen LogP contribution in [0, 0.1) is 6.92 Å². The van der Waals surface area contributed by atoms with Gasteiger partial charge in [-0.2, -0.15) is 0 Å². The summed E-state index contributed by atoms with van der Waals surface area (Å²) in [5.41, 5.74) is 6.08. The zero-order valence-corrected chi connectivity index (χ0v) is 24.0. The highest BCUT2D eigenvalue weighted by Crippen LogP contribution is 2.27. The van der Waals surface area contributed by atoms with Crippen molar-refractivity contribution in [3.63, 3.8) is 0 Å². The maximum atomic E-state index is 13.6. The molecule has 0 atom stereocenters. The first kappa shape index (κ1) is 27.5. The standard InChI is InChI=1S/C30H38N8O2/c1-6-7-21-12-20(4)35-28(39)24(21)17-31-29(40)26-14-22(13-25-27(19(2)3)34-18-38(25)26)23-15-32-30(33-16-23)37-10-8-36(5)9-11-37/h12-16,18-19H,6-11,17H2,1-5H3,(H,31,40)(H,35,39). The van der Waals surface area contributed by atoms with Gasteiger partial charge in [-0.15, -0.1) is 0 Å².